The van der Waals surface area contributed by atoms with Crippen molar-refractivity contribution in [3.8, 4) is 0 Å². The van der Waals surface area contributed by atoms with Crippen LogP contribution in [0.15, 0.2) is 34.9 Å². The first-order chi connectivity index (χ1) is 10.0. The summed E-state index contributed by atoms with van der Waals surface area (Å²) < 4.78 is 5.66. The van der Waals surface area contributed by atoms with Crippen molar-refractivity contribution in [2.45, 2.75) is 52.6 Å². The second kappa shape index (κ2) is 4.36. The summed E-state index contributed by atoms with van der Waals surface area (Å²) in [5, 5.41) is 5.12. The molecule has 1 N–H and O–H groups in total. The van der Waals surface area contributed by atoms with Gasteiger partial charge in [-0.15, -0.1) is 0 Å². The predicted molar refractivity (Wildman–Crippen MR) is 86.1 cm³/mol. The van der Waals surface area contributed by atoms with Crippen LogP contribution in [0.1, 0.15) is 45.6 Å². The van der Waals surface area contributed by atoms with Gasteiger partial charge in [-0.05, 0) is 42.1 Å². The highest BCUT2D eigenvalue weighted by Gasteiger charge is 2.58. The summed E-state index contributed by atoms with van der Waals surface area (Å²) in [6.07, 6.45) is 6.10. The van der Waals surface area contributed by atoms with Gasteiger partial charge in [0.05, 0.1) is 6.26 Å². The van der Waals surface area contributed by atoms with Crippen LogP contribution in [0.5, 0.6) is 0 Å². The molecule has 0 aliphatic heterocycles. The van der Waals surface area contributed by atoms with E-state index in [0.29, 0.717) is 16.9 Å². The number of furan rings is 1. The number of hydrogen-bond acceptors (Lipinski definition) is 2. The van der Waals surface area contributed by atoms with Crippen LogP contribution in [0.4, 0.5) is 0 Å². The minimum Gasteiger partial charge on any atom is -0.464 e. The first kappa shape index (κ1) is 13.4. The molecule has 1 heterocycles. The topological polar surface area (TPSA) is 25.2 Å². The second-order valence-electron chi connectivity index (χ2n) is 7.99. The fourth-order valence-electron chi connectivity index (χ4n) is 5.19. The van der Waals surface area contributed by atoms with Gasteiger partial charge in [-0.3, -0.25) is 0 Å². The minimum atomic E-state index is 0.409. The lowest BCUT2D eigenvalue weighted by Gasteiger charge is -2.43. The molecule has 0 radical (unpaired) electrons. The van der Waals surface area contributed by atoms with Crippen molar-refractivity contribution in [1.29, 1.82) is 0 Å². The average molecular weight is 283 g/mol. The van der Waals surface area contributed by atoms with E-state index in [0.717, 1.165) is 18.0 Å². The predicted octanol–water partition coefficient (Wildman–Crippen LogP) is 4.74. The van der Waals surface area contributed by atoms with Gasteiger partial charge in [-0.1, -0.05) is 39.0 Å². The fourth-order valence-corrected chi connectivity index (χ4v) is 5.19. The molecule has 2 nitrogen and oxygen atoms in total. The van der Waals surface area contributed by atoms with Gasteiger partial charge in [0.2, 0.25) is 0 Å². The van der Waals surface area contributed by atoms with Crippen LogP contribution < -0.4 is 5.32 Å². The Labute approximate surface area is 126 Å². The molecule has 4 rings (SSSR count). The SMILES string of the molecule is CC12CCC(C1)C(C)(C)C2NCc1coc2ccccc12. The van der Waals surface area contributed by atoms with Crippen LogP contribution in [0.2, 0.25) is 0 Å². The van der Waals surface area contributed by atoms with E-state index in [4.69, 9.17) is 4.42 Å². The lowest BCUT2D eigenvalue weighted by atomic mass is 9.68. The Morgan fingerprint density at radius 2 is 2.05 bits per heavy atom. The van der Waals surface area contributed by atoms with E-state index in [9.17, 15) is 0 Å². The van der Waals surface area contributed by atoms with Crippen LogP contribution in [0.25, 0.3) is 11.0 Å². The van der Waals surface area contributed by atoms with Gasteiger partial charge in [-0.25, -0.2) is 0 Å². The van der Waals surface area contributed by atoms with Crippen molar-refractivity contribution < 1.29 is 4.42 Å². The van der Waals surface area contributed by atoms with E-state index in [2.05, 4.69) is 38.2 Å². The smallest absolute Gasteiger partial charge is 0.134 e. The quantitative estimate of drug-likeness (QED) is 0.880. The first-order valence-corrected chi connectivity index (χ1v) is 8.19. The van der Waals surface area contributed by atoms with E-state index in [1.165, 1.54) is 30.2 Å². The van der Waals surface area contributed by atoms with Crippen LogP contribution in [-0.2, 0) is 6.54 Å². The molecule has 2 heteroatoms. The van der Waals surface area contributed by atoms with Crippen molar-refractivity contribution in [1.82, 2.24) is 5.32 Å². The first-order valence-electron chi connectivity index (χ1n) is 8.19. The van der Waals surface area contributed by atoms with Gasteiger partial charge in [-0.2, -0.15) is 0 Å². The molecule has 0 spiro atoms. The number of rotatable bonds is 3. The van der Waals surface area contributed by atoms with Crippen molar-refractivity contribution in [2.75, 3.05) is 0 Å². The van der Waals surface area contributed by atoms with Crippen LogP contribution in [0.3, 0.4) is 0 Å². The molecular formula is C19H25NO. The molecule has 1 aromatic heterocycles. The third-order valence-corrected chi connectivity index (χ3v) is 6.33. The maximum absolute atomic E-state index is 5.66. The van der Waals surface area contributed by atoms with Gasteiger partial charge < -0.3 is 9.73 Å². The zero-order chi connectivity index (χ0) is 14.7. The molecule has 3 unspecified atom stereocenters. The molecule has 21 heavy (non-hydrogen) atoms. The maximum atomic E-state index is 5.66. The molecule has 112 valence electrons. The molecule has 2 aliphatic rings. The molecule has 2 aromatic rings. The van der Waals surface area contributed by atoms with Crippen molar-refractivity contribution in [2.24, 2.45) is 16.7 Å². The molecule has 1 aromatic carbocycles. The summed E-state index contributed by atoms with van der Waals surface area (Å²) in [5.41, 5.74) is 3.17. The van der Waals surface area contributed by atoms with Crippen molar-refractivity contribution in [3.63, 3.8) is 0 Å². The highest BCUT2D eigenvalue weighted by Crippen LogP contribution is 2.62. The average Bonchev–Trinajstić information content (AvgIpc) is 3.08. The highest BCUT2D eigenvalue weighted by molar-refractivity contribution is 5.80. The maximum Gasteiger partial charge on any atom is 0.134 e. The molecular weight excluding hydrogens is 258 g/mol. The fraction of sp³-hybridized carbons (Fsp3) is 0.579. The van der Waals surface area contributed by atoms with Crippen LogP contribution in [0, 0.1) is 16.7 Å². The monoisotopic (exact) mass is 283 g/mol. The summed E-state index contributed by atoms with van der Waals surface area (Å²) in [7, 11) is 0. The standard InChI is InChI=1S/C19H25NO/c1-18(2)14-8-9-19(3,10-14)17(18)20-11-13-12-21-16-7-5-4-6-15(13)16/h4-7,12,14,17,20H,8-11H2,1-3H3. The molecule has 3 atom stereocenters. The summed E-state index contributed by atoms with van der Waals surface area (Å²) in [5.74, 6) is 0.890. The zero-order valence-electron chi connectivity index (χ0n) is 13.3. The molecule has 2 bridgehead atoms. The molecule has 0 saturated heterocycles. The second-order valence-corrected chi connectivity index (χ2v) is 7.99. The van der Waals surface area contributed by atoms with Gasteiger partial charge in [0.25, 0.3) is 0 Å². The lowest BCUT2D eigenvalue weighted by molar-refractivity contribution is 0.108. The minimum absolute atomic E-state index is 0.409. The van der Waals surface area contributed by atoms with Crippen molar-refractivity contribution >= 4 is 11.0 Å². The number of para-hydroxylation sites is 1. The molecule has 2 saturated carbocycles. The van der Waals surface area contributed by atoms with E-state index < -0.39 is 0 Å². The number of hydrogen-bond donors (Lipinski definition) is 1. The van der Waals surface area contributed by atoms with Crippen LogP contribution >= 0.6 is 0 Å². The van der Waals surface area contributed by atoms with Gasteiger partial charge in [0.1, 0.15) is 5.58 Å². The van der Waals surface area contributed by atoms with E-state index in [1.807, 2.05) is 18.4 Å². The largest absolute Gasteiger partial charge is 0.464 e. The normalized spacial score (nSPS) is 33.9. The zero-order valence-corrected chi connectivity index (χ0v) is 13.3. The Hall–Kier alpha value is -1.28. The van der Waals surface area contributed by atoms with Crippen molar-refractivity contribution in [3.05, 3.63) is 36.1 Å². The Balaban J connectivity index is 1.57. The van der Waals surface area contributed by atoms with E-state index >= 15 is 0 Å². The summed E-state index contributed by atoms with van der Waals surface area (Å²) >= 11 is 0. The number of fused-ring (bicyclic) bond motifs is 3. The Kier molecular flexibility index (Phi) is 2.78. The van der Waals surface area contributed by atoms with Gasteiger partial charge in [0.15, 0.2) is 0 Å². The lowest BCUT2D eigenvalue weighted by Crippen LogP contribution is -2.49. The number of nitrogens with one attached hydrogen (secondary N) is 1. The molecule has 2 fully saturated rings. The summed E-state index contributed by atoms with van der Waals surface area (Å²) in [4.78, 5) is 0. The third kappa shape index (κ3) is 1.88. The number of benzene rings is 1. The Morgan fingerprint density at radius 1 is 1.24 bits per heavy atom. The van der Waals surface area contributed by atoms with E-state index in [1.54, 1.807) is 0 Å². The van der Waals surface area contributed by atoms with Gasteiger partial charge in [0, 0.05) is 23.5 Å². The van der Waals surface area contributed by atoms with Crippen LogP contribution in [-0.4, -0.2) is 6.04 Å². The summed E-state index contributed by atoms with van der Waals surface area (Å²) in [6.45, 7) is 8.29. The van der Waals surface area contributed by atoms with Gasteiger partial charge >= 0.3 is 0 Å². The molecule has 0 amide bonds. The Bertz CT molecular complexity index is 666. The van der Waals surface area contributed by atoms with E-state index in [-0.39, 0.29) is 0 Å². The third-order valence-electron chi connectivity index (χ3n) is 6.33. The summed E-state index contributed by atoms with van der Waals surface area (Å²) in [6, 6.07) is 8.93. The molecule has 2 aliphatic carbocycles. The Morgan fingerprint density at radius 3 is 2.81 bits per heavy atom. The highest BCUT2D eigenvalue weighted by atomic mass is 16.3.